The first-order valence-corrected chi connectivity index (χ1v) is 8.19. The fourth-order valence-electron chi connectivity index (χ4n) is 2.16. The van der Waals surface area contributed by atoms with Crippen molar-refractivity contribution in [2.45, 2.75) is 19.4 Å². The zero-order valence-corrected chi connectivity index (χ0v) is 14.8. The molecule has 0 aliphatic carbocycles. The molecule has 1 atom stereocenters. The van der Waals surface area contributed by atoms with Gasteiger partial charge in [0.1, 0.15) is 0 Å². The molecule has 2 aromatic rings. The van der Waals surface area contributed by atoms with Crippen LogP contribution in [0.5, 0.6) is 0 Å². The first kappa shape index (κ1) is 17.5. The second kappa shape index (κ2) is 8.13. The Bertz CT molecular complexity index is 704. The lowest BCUT2D eigenvalue weighted by atomic mass is 10.0. The Kier molecular flexibility index (Phi) is 6.19. The molecule has 0 bridgehead atoms. The number of halogens is 2. The summed E-state index contributed by atoms with van der Waals surface area (Å²) in [5.41, 5.74) is 1.52. The molecule has 120 valence electrons. The van der Waals surface area contributed by atoms with Crippen molar-refractivity contribution in [3.8, 4) is 0 Å². The lowest BCUT2D eigenvalue weighted by Crippen LogP contribution is -2.29. The van der Waals surface area contributed by atoms with E-state index in [2.05, 4.69) is 26.6 Å². The second-order valence-electron chi connectivity index (χ2n) is 5.07. The van der Waals surface area contributed by atoms with Crippen molar-refractivity contribution in [1.82, 2.24) is 5.32 Å². The van der Waals surface area contributed by atoms with Gasteiger partial charge in [0, 0.05) is 22.1 Å². The number of carbonyl (C=O) groups is 2. The van der Waals surface area contributed by atoms with Gasteiger partial charge in [-0.3, -0.25) is 9.59 Å². The van der Waals surface area contributed by atoms with Crippen LogP contribution in [0.1, 0.15) is 24.9 Å². The first-order chi connectivity index (χ1) is 10.9. The van der Waals surface area contributed by atoms with Gasteiger partial charge in [-0.15, -0.1) is 0 Å². The van der Waals surface area contributed by atoms with E-state index in [0.29, 0.717) is 10.7 Å². The number of benzene rings is 2. The number of hydrogen-bond donors (Lipinski definition) is 2. The van der Waals surface area contributed by atoms with Gasteiger partial charge in [0.2, 0.25) is 11.8 Å². The molecule has 2 N–H and O–H groups in total. The standard InChI is InChI=1S/C17H16BrClN2O2/c1-11(22)20-16(12-5-7-14(19)8-6-12)10-17(23)21-15-4-2-3-13(18)9-15/h2-9,16H,10H2,1H3,(H,20,22)(H,21,23). The minimum Gasteiger partial charge on any atom is -0.349 e. The summed E-state index contributed by atoms with van der Waals surface area (Å²) < 4.78 is 0.881. The van der Waals surface area contributed by atoms with Crippen molar-refractivity contribution in [1.29, 1.82) is 0 Å². The molecule has 0 heterocycles. The maximum atomic E-state index is 12.3. The monoisotopic (exact) mass is 394 g/mol. The van der Waals surface area contributed by atoms with Gasteiger partial charge in [-0.25, -0.2) is 0 Å². The van der Waals surface area contributed by atoms with E-state index in [1.54, 1.807) is 30.3 Å². The van der Waals surface area contributed by atoms with Crippen LogP contribution in [-0.4, -0.2) is 11.8 Å². The zero-order chi connectivity index (χ0) is 16.8. The van der Waals surface area contributed by atoms with E-state index in [0.717, 1.165) is 10.0 Å². The van der Waals surface area contributed by atoms with E-state index in [9.17, 15) is 9.59 Å². The third kappa shape index (κ3) is 5.69. The van der Waals surface area contributed by atoms with Crippen LogP contribution < -0.4 is 10.6 Å². The van der Waals surface area contributed by atoms with Gasteiger partial charge < -0.3 is 10.6 Å². The highest BCUT2D eigenvalue weighted by Gasteiger charge is 2.17. The number of hydrogen-bond acceptors (Lipinski definition) is 2. The van der Waals surface area contributed by atoms with Crippen molar-refractivity contribution >= 4 is 45.0 Å². The van der Waals surface area contributed by atoms with Crippen molar-refractivity contribution < 1.29 is 9.59 Å². The minimum absolute atomic E-state index is 0.133. The largest absolute Gasteiger partial charge is 0.349 e. The molecule has 6 heteroatoms. The fourth-order valence-corrected chi connectivity index (χ4v) is 2.68. The summed E-state index contributed by atoms with van der Waals surface area (Å²) in [5.74, 6) is -0.378. The Morgan fingerprint density at radius 2 is 1.87 bits per heavy atom. The van der Waals surface area contributed by atoms with Crippen LogP contribution in [0, 0.1) is 0 Å². The molecule has 0 aliphatic heterocycles. The molecular formula is C17H16BrClN2O2. The Morgan fingerprint density at radius 3 is 2.48 bits per heavy atom. The summed E-state index contributed by atoms with van der Waals surface area (Å²) in [7, 11) is 0. The third-order valence-corrected chi connectivity index (χ3v) is 3.89. The van der Waals surface area contributed by atoms with Crippen LogP contribution in [0.4, 0.5) is 5.69 Å². The fraction of sp³-hybridized carbons (Fsp3) is 0.176. The maximum Gasteiger partial charge on any atom is 0.226 e. The summed E-state index contributed by atoms with van der Waals surface area (Å²) in [6, 6.07) is 14.0. The Labute approximate surface area is 148 Å². The van der Waals surface area contributed by atoms with E-state index < -0.39 is 6.04 Å². The van der Waals surface area contributed by atoms with Gasteiger partial charge in [-0.2, -0.15) is 0 Å². The second-order valence-corrected chi connectivity index (χ2v) is 6.42. The molecule has 4 nitrogen and oxygen atoms in total. The van der Waals surface area contributed by atoms with E-state index in [1.165, 1.54) is 6.92 Å². The van der Waals surface area contributed by atoms with Crippen molar-refractivity contribution in [2.75, 3.05) is 5.32 Å². The normalized spacial score (nSPS) is 11.6. The van der Waals surface area contributed by atoms with Crippen molar-refractivity contribution in [2.24, 2.45) is 0 Å². The quantitative estimate of drug-likeness (QED) is 0.792. The summed E-state index contributed by atoms with van der Waals surface area (Å²) in [6.07, 6.45) is 0.133. The average molecular weight is 396 g/mol. The van der Waals surface area contributed by atoms with Gasteiger partial charge in [-0.05, 0) is 35.9 Å². The van der Waals surface area contributed by atoms with Crippen LogP contribution in [0.15, 0.2) is 53.0 Å². The molecule has 0 aliphatic rings. The van der Waals surface area contributed by atoms with E-state index >= 15 is 0 Å². The molecule has 2 aromatic carbocycles. The van der Waals surface area contributed by atoms with Crippen LogP contribution in [0.25, 0.3) is 0 Å². The van der Waals surface area contributed by atoms with E-state index in [1.807, 2.05) is 18.2 Å². The predicted octanol–water partition coefficient (Wildman–Crippen LogP) is 4.31. The number of carbonyl (C=O) groups excluding carboxylic acids is 2. The van der Waals surface area contributed by atoms with Gasteiger partial charge >= 0.3 is 0 Å². The van der Waals surface area contributed by atoms with Gasteiger partial charge in [0.15, 0.2) is 0 Å². The molecule has 0 fully saturated rings. The van der Waals surface area contributed by atoms with Crippen LogP contribution in [-0.2, 0) is 9.59 Å². The Balaban J connectivity index is 2.09. The first-order valence-electron chi connectivity index (χ1n) is 7.02. The number of nitrogens with one attached hydrogen (secondary N) is 2. The topological polar surface area (TPSA) is 58.2 Å². The van der Waals surface area contributed by atoms with Crippen molar-refractivity contribution in [3.05, 3.63) is 63.6 Å². The molecule has 0 saturated carbocycles. The molecular weight excluding hydrogens is 380 g/mol. The summed E-state index contributed by atoms with van der Waals surface area (Å²) in [5, 5.41) is 6.22. The van der Waals surface area contributed by atoms with Gasteiger partial charge in [-0.1, -0.05) is 45.7 Å². The SMILES string of the molecule is CC(=O)NC(CC(=O)Nc1cccc(Br)c1)c1ccc(Cl)cc1. The number of rotatable bonds is 5. The lowest BCUT2D eigenvalue weighted by Gasteiger charge is -2.18. The molecule has 0 spiro atoms. The lowest BCUT2D eigenvalue weighted by molar-refractivity contribution is -0.120. The Hall–Kier alpha value is -1.85. The molecule has 0 radical (unpaired) electrons. The minimum atomic E-state index is -0.406. The molecule has 2 rings (SSSR count). The zero-order valence-electron chi connectivity index (χ0n) is 12.5. The third-order valence-electron chi connectivity index (χ3n) is 3.15. The molecule has 0 aromatic heterocycles. The molecule has 1 unspecified atom stereocenters. The molecule has 0 saturated heterocycles. The van der Waals surface area contributed by atoms with E-state index in [4.69, 9.17) is 11.6 Å². The van der Waals surface area contributed by atoms with Crippen molar-refractivity contribution in [3.63, 3.8) is 0 Å². The average Bonchev–Trinajstić information content (AvgIpc) is 2.46. The van der Waals surface area contributed by atoms with Gasteiger partial charge in [0.25, 0.3) is 0 Å². The van der Waals surface area contributed by atoms with Crippen LogP contribution in [0.2, 0.25) is 5.02 Å². The number of amides is 2. The summed E-state index contributed by atoms with van der Waals surface area (Å²) in [4.78, 5) is 23.7. The highest BCUT2D eigenvalue weighted by Crippen LogP contribution is 2.21. The smallest absolute Gasteiger partial charge is 0.226 e. The summed E-state index contributed by atoms with van der Waals surface area (Å²) >= 11 is 9.24. The number of anilines is 1. The summed E-state index contributed by atoms with van der Waals surface area (Å²) in [6.45, 7) is 1.43. The molecule has 23 heavy (non-hydrogen) atoms. The molecule has 2 amide bonds. The predicted molar refractivity (Wildman–Crippen MR) is 95.4 cm³/mol. The van der Waals surface area contributed by atoms with Gasteiger partial charge in [0.05, 0.1) is 12.5 Å². The van der Waals surface area contributed by atoms with Crippen LogP contribution in [0.3, 0.4) is 0 Å². The van der Waals surface area contributed by atoms with E-state index in [-0.39, 0.29) is 18.2 Å². The highest BCUT2D eigenvalue weighted by atomic mass is 79.9. The Morgan fingerprint density at radius 1 is 1.17 bits per heavy atom. The maximum absolute atomic E-state index is 12.3. The highest BCUT2D eigenvalue weighted by molar-refractivity contribution is 9.10. The van der Waals surface area contributed by atoms with Crippen LogP contribution >= 0.6 is 27.5 Å².